The summed E-state index contributed by atoms with van der Waals surface area (Å²) >= 11 is 5.99. The number of carbonyl (C=O) groups is 1. The van der Waals surface area contributed by atoms with E-state index in [0.29, 0.717) is 6.04 Å². The van der Waals surface area contributed by atoms with Crippen LogP contribution in [0, 0.1) is 11.8 Å². The normalized spacial score (nSPS) is 29.5. The van der Waals surface area contributed by atoms with Crippen molar-refractivity contribution in [3.63, 3.8) is 0 Å². The Hall–Kier alpha value is -1.06. The molecule has 2 unspecified atom stereocenters. The van der Waals surface area contributed by atoms with E-state index in [9.17, 15) is 4.79 Å². The van der Waals surface area contributed by atoms with Crippen LogP contribution in [0.2, 0.25) is 5.02 Å². The van der Waals surface area contributed by atoms with E-state index in [2.05, 4.69) is 10.2 Å². The van der Waals surface area contributed by atoms with Crippen LogP contribution >= 0.6 is 11.6 Å². The molecule has 21 heavy (non-hydrogen) atoms. The summed E-state index contributed by atoms with van der Waals surface area (Å²) in [7, 11) is 0. The highest BCUT2D eigenvalue weighted by Gasteiger charge is 2.51. The minimum atomic E-state index is -0.0920. The first kappa shape index (κ1) is 13.6. The summed E-state index contributed by atoms with van der Waals surface area (Å²) in [6, 6.07) is 8.24. The number of nitrogens with zero attached hydrogens (tertiary/aromatic N) is 1. The Labute approximate surface area is 130 Å². The van der Waals surface area contributed by atoms with Gasteiger partial charge in [0.15, 0.2) is 0 Å². The van der Waals surface area contributed by atoms with Crippen molar-refractivity contribution >= 4 is 17.5 Å². The van der Waals surface area contributed by atoms with Crippen LogP contribution in [0.1, 0.15) is 44.3 Å². The van der Waals surface area contributed by atoms with E-state index in [1.165, 1.54) is 25.7 Å². The molecule has 3 nitrogen and oxygen atoms in total. The van der Waals surface area contributed by atoms with Gasteiger partial charge in [-0.3, -0.25) is 10.1 Å². The maximum atomic E-state index is 12.7. The number of hydrogen-bond donors (Lipinski definition) is 1. The van der Waals surface area contributed by atoms with Crippen molar-refractivity contribution in [2.24, 2.45) is 11.8 Å². The zero-order valence-electron chi connectivity index (χ0n) is 12.3. The van der Waals surface area contributed by atoms with Gasteiger partial charge in [-0.05, 0) is 62.1 Å². The summed E-state index contributed by atoms with van der Waals surface area (Å²) in [5.41, 5.74) is 1.14. The molecule has 1 aromatic rings. The molecule has 0 spiro atoms. The quantitative estimate of drug-likeness (QED) is 0.925. The topological polar surface area (TPSA) is 32.3 Å². The molecule has 1 saturated heterocycles. The highest BCUT2D eigenvalue weighted by atomic mass is 35.5. The molecule has 2 aliphatic carbocycles. The molecule has 3 aliphatic rings. The number of hydrogen-bond acceptors (Lipinski definition) is 2. The van der Waals surface area contributed by atoms with Gasteiger partial charge in [0, 0.05) is 11.1 Å². The van der Waals surface area contributed by atoms with Crippen LogP contribution < -0.4 is 5.32 Å². The molecule has 4 rings (SSSR count). The summed E-state index contributed by atoms with van der Waals surface area (Å²) in [6.45, 7) is 1.97. The highest BCUT2D eigenvalue weighted by Crippen LogP contribution is 2.49. The van der Waals surface area contributed by atoms with Crippen molar-refractivity contribution in [1.82, 2.24) is 10.2 Å². The lowest BCUT2D eigenvalue weighted by molar-refractivity contribution is -0.133. The largest absolute Gasteiger partial charge is 0.318 e. The fraction of sp³-hybridized carbons (Fsp3) is 0.588. The molecule has 2 saturated carbocycles. The minimum absolute atomic E-state index is 0.0102. The Morgan fingerprint density at radius 3 is 2.24 bits per heavy atom. The first-order valence-corrected chi connectivity index (χ1v) is 8.36. The van der Waals surface area contributed by atoms with E-state index < -0.39 is 0 Å². The van der Waals surface area contributed by atoms with Gasteiger partial charge >= 0.3 is 0 Å². The molecule has 0 radical (unpaired) electrons. The number of nitrogens with one attached hydrogen (secondary N) is 1. The summed E-state index contributed by atoms with van der Waals surface area (Å²) in [5, 5.41) is 4.21. The lowest BCUT2D eigenvalue weighted by Gasteiger charge is -2.33. The average Bonchev–Trinajstić information content (AvgIpc) is 3.36. The summed E-state index contributed by atoms with van der Waals surface area (Å²) in [5.74, 6) is 1.71. The molecule has 1 aliphatic heterocycles. The minimum Gasteiger partial charge on any atom is -0.318 e. The first-order valence-electron chi connectivity index (χ1n) is 7.99. The number of carbonyl (C=O) groups excluding carboxylic acids is 1. The zero-order chi connectivity index (χ0) is 14.6. The van der Waals surface area contributed by atoms with Gasteiger partial charge in [0.05, 0.1) is 6.04 Å². The predicted molar refractivity (Wildman–Crippen MR) is 82.9 cm³/mol. The molecule has 4 heteroatoms. The van der Waals surface area contributed by atoms with Gasteiger partial charge in [-0.25, -0.2) is 0 Å². The SMILES string of the molecule is CC1NC(c2ccc(Cl)cc2)N(C(C2CC2)C2CC2)C1=O. The van der Waals surface area contributed by atoms with Crippen LogP contribution in [0.25, 0.3) is 0 Å². The molecule has 0 bridgehead atoms. The molecular formula is C17H21ClN2O. The maximum absolute atomic E-state index is 12.7. The molecule has 1 aromatic carbocycles. The first-order chi connectivity index (χ1) is 10.1. The van der Waals surface area contributed by atoms with Gasteiger partial charge in [0.25, 0.3) is 0 Å². The van der Waals surface area contributed by atoms with Crippen molar-refractivity contribution < 1.29 is 4.79 Å². The van der Waals surface area contributed by atoms with E-state index in [-0.39, 0.29) is 18.1 Å². The molecule has 2 atom stereocenters. The monoisotopic (exact) mass is 304 g/mol. The van der Waals surface area contributed by atoms with Crippen LogP contribution in [-0.4, -0.2) is 22.9 Å². The number of rotatable bonds is 4. The molecular weight excluding hydrogens is 284 g/mol. The van der Waals surface area contributed by atoms with Gasteiger partial charge in [-0.1, -0.05) is 23.7 Å². The summed E-state index contributed by atoms with van der Waals surface area (Å²) in [4.78, 5) is 14.9. The fourth-order valence-electron chi connectivity index (χ4n) is 3.67. The lowest BCUT2D eigenvalue weighted by Crippen LogP contribution is -2.42. The average molecular weight is 305 g/mol. The van der Waals surface area contributed by atoms with Crippen molar-refractivity contribution in [1.29, 1.82) is 0 Å². The van der Waals surface area contributed by atoms with E-state index in [1.807, 2.05) is 31.2 Å². The highest BCUT2D eigenvalue weighted by molar-refractivity contribution is 6.30. The van der Waals surface area contributed by atoms with E-state index >= 15 is 0 Å². The standard InChI is InChI=1S/C17H21ClN2O/c1-10-17(21)20(15(11-2-3-11)12-4-5-12)16(19-10)13-6-8-14(18)9-7-13/h6-12,15-16,19H,2-5H2,1H3. The number of halogens is 1. The van der Waals surface area contributed by atoms with Crippen LogP contribution in [0.5, 0.6) is 0 Å². The number of amides is 1. The van der Waals surface area contributed by atoms with Crippen molar-refractivity contribution in [2.75, 3.05) is 0 Å². The van der Waals surface area contributed by atoms with Crippen LogP contribution in [0.3, 0.4) is 0 Å². The zero-order valence-corrected chi connectivity index (χ0v) is 13.0. The molecule has 3 fully saturated rings. The third-order valence-corrected chi connectivity index (χ3v) is 5.28. The molecule has 0 aromatic heterocycles. The third-order valence-electron chi connectivity index (χ3n) is 5.03. The van der Waals surface area contributed by atoms with Gasteiger partial charge < -0.3 is 4.90 Å². The molecule has 1 N–H and O–H groups in total. The molecule has 112 valence electrons. The smallest absolute Gasteiger partial charge is 0.241 e. The lowest BCUT2D eigenvalue weighted by atomic mass is 10.0. The molecule has 1 heterocycles. The van der Waals surface area contributed by atoms with Crippen LogP contribution in [0.4, 0.5) is 0 Å². The van der Waals surface area contributed by atoms with E-state index in [0.717, 1.165) is 22.4 Å². The Bertz CT molecular complexity index is 538. The maximum Gasteiger partial charge on any atom is 0.241 e. The van der Waals surface area contributed by atoms with Gasteiger partial charge in [0.1, 0.15) is 6.17 Å². The second-order valence-corrected chi connectivity index (χ2v) is 7.19. The Morgan fingerprint density at radius 1 is 1.14 bits per heavy atom. The Balaban J connectivity index is 1.67. The van der Waals surface area contributed by atoms with Gasteiger partial charge in [-0.2, -0.15) is 0 Å². The Kier molecular flexibility index (Phi) is 3.23. The second kappa shape index (κ2) is 4.99. The van der Waals surface area contributed by atoms with E-state index in [1.54, 1.807) is 0 Å². The van der Waals surface area contributed by atoms with Crippen molar-refractivity contribution in [3.05, 3.63) is 34.9 Å². The second-order valence-electron chi connectivity index (χ2n) is 6.75. The third kappa shape index (κ3) is 2.47. The van der Waals surface area contributed by atoms with Crippen molar-refractivity contribution in [3.8, 4) is 0 Å². The van der Waals surface area contributed by atoms with Gasteiger partial charge in [-0.15, -0.1) is 0 Å². The summed E-state index contributed by atoms with van der Waals surface area (Å²) < 4.78 is 0. The van der Waals surface area contributed by atoms with Gasteiger partial charge in [0.2, 0.25) is 5.91 Å². The van der Waals surface area contributed by atoms with E-state index in [4.69, 9.17) is 11.6 Å². The van der Waals surface area contributed by atoms with Crippen molar-refractivity contribution in [2.45, 2.75) is 50.9 Å². The molecule has 1 amide bonds. The fourth-order valence-corrected chi connectivity index (χ4v) is 3.80. The van der Waals surface area contributed by atoms with Crippen LogP contribution in [-0.2, 0) is 4.79 Å². The Morgan fingerprint density at radius 2 is 1.71 bits per heavy atom. The number of benzene rings is 1. The summed E-state index contributed by atoms with van der Waals surface area (Å²) in [6.07, 6.45) is 5.15. The van der Waals surface area contributed by atoms with Crippen LogP contribution in [0.15, 0.2) is 24.3 Å². The predicted octanol–water partition coefficient (Wildman–Crippen LogP) is 3.35.